The van der Waals surface area contributed by atoms with Crippen LogP contribution in [0.3, 0.4) is 0 Å². The molecule has 0 spiro atoms. The molecule has 1 heterocycles. The third-order valence-electron chi connectivity index (χ3n) is 11.6. The Labute approximate surface area is 380 Å². The first-order valence-corrected chi connectivity index (χ1v) is 27.1. The molecule has 3 aromatic carbocycles. The van der Waals surface area contributed by atoms with Crippen LogP contribution in [0.2, 0.25) is 0 Å². The highest BCUT2D eigenvalue weighted by Crippen LogP contribution is 2.50. The zero-order chi connectivity index (χ0) is 45.8. The zero-order valence-electron chi connectivity index (χ0n) is 39.8. The van der Waals surface area contributed by atoms with Crippen LogP contribution in [0, 0.1) is 0 Å². The monoisotopic (exact) mass is 912 g/mol. The van der Waals surface area contributed by atoms with E-state index in [4.69, 9.17) is 13.6 Å². The van der Waals surface area contributed by atoms with Crippen molar-refractivity contribution in [2.75, 3.05) is 109 Å². The molecule has 0 aliphatic carbocycles. The molecule has 63 heavy (non-hydrogen) atoms. The number of unbranched alkanes of at least 4 members (excludes halogenated alkanes) is 4. The van der Waals surface area contributed by atoms with Gasteiger partial charge in [0.15, 0.2) is 0 Å². The van der Waals surface area contributed by atoms with Gasteiger partial charge in [-0.25, -0.2) is 0 Å². The van der Waals surface area contributed by atoms with E-state index in [9.17, 15) is 19.0 Å². The molecule has 0 aromatic heterocycles. The Balaban J connectivity index is 1.90. The lowest BCUT2D eigenvalue weighted by atomic mass is 9.83. The van der Waals surface area contributed by atoms with Gasteiger partial charge in [-0.3, -0.25) is 28.6 Å². The highest BCUT2D eigenvalue weighted by molar-refractivity contribution is 7.58. The van der Waals surface area contributed by atoms with Crippen LogP contribution in [0.1, 0.15) is 113 Å². The van der Waals surface area contributed by atoms with Gasteiger partial charge in [-0.15, -0.1) is 0 Å². The first-order valence-electron chi connectivity index (χ1n) is 23.4. The van der Waals surface area contributed by atoms with E-state index >= 15 is 0 Å². The topological polar surface area (TPSA) is 115 Å². The number of carbonyl (C=O) groups is 1. The van der Waals surface area contributed by atoms with Gasteiger partial charge >= 0.3 is 13.6 Å². The lowest BCUT2D eigenvalue weighted by molar-refractivity contribution is -0.138. The maximum absolute atomic E-state index is 14.7. The molecule has 3 aromatic rings. The standard InChI is InChI=1S/C49H79N5O7P2/c1-9-13-29-59-62(57,32-16-12-4)39-53-27-25-52(38-48(55)56)26-28-54(40-63(58,60-30-14-10-2)61-31-15-11-3)37-42-33-41(36-53)34-45(35-42)49(43-17-21-46(22-18-43)50(5)6)44-19-23-47(24-20-44)51(7)8/h17-24,33-35,49H,9-16,25-32,36-40H2,1-8H3,(H,55,56). The van der Waals surface area contributed by atoms with Crippen molar-refractivity contribution in [3.63, 3.8) is 0 Å². The van der Waals surface area contributed by atoms with Gasteiger partial charge in [-0.1, -0.05) is 95.8 Å². The second-order valence-electron chi connectivity index (χ2n) is 17.6. The molecule has 4 rings (SSSR count). The molecule has 1 N–H and O–H groups in total. The van der Waals surface area contributed by atoms with Crippen molar-refractivity contribution in [3.8, 4) is 0 Å². The third-order valence-corrected chi connectivity index (χ3v) is 15.9. The largest absolute Gasteiger partial charge is 0.480 e. The number of anilines is 2. The van der Waals surface area contributed by atoms with Crippen LogP contribution in [0.4, 0.5) is 11.4 Å². The summed E-state index contributed by atoms with van der Waals surface area (Å²) in [6.45, 7) is 12.2. The minimum Gasteiger partial charge on any atom is -0.480 e. The lowest BCUT2D eigenvalue weighted by Crippen LogP contribution is -2.42. The Morgan fingerprint density at radius 1 is 0.603 bits per heavy atom. The van der Waals surface area contributed by atoms with Crippen LogP contribution in [0.15, 0.2) is 66.7 Å². The molecule has 1 unspecified atom stereocenters. The van der Waals surface area contributed by atoms with Crippen molar-refractivity contribution in [2.45, 2.75) is 98.1 Å². The van der Waals surface area contributed by atoms with Crippen LogP contribution in [-0.2, 0) is 40.6 Å². The SMILES string of the molecule is CCCCOP(=O)(CCCC)CN1CCN(CC(=O)O)CCN(CP(=O)(OCCCC)OCCCC)Cc2cc(cc(C(c3ccc(N(C)C)cc3)c3ccc(N(C)C)cc3)c2)C1. The van der Waals surface area contributed by atoms with Crippen molar-refractivity contribution in [1.82, 2.24) is 14.7 Å². The van der Waals surface area contributed by atoms with E-state index in [0.29, 0.717) is 65.3 Å². The fourth-order valence-corrected chi connectivity index (χ4v) is 12.2. The zero-order valence-corrected chi connectivity index (χ0v) is 41.6. The summed E-state index contributed by atoms with van der Waals surface area (Å²) in [5, 5.41) is 10.1. The van der Waals surface area contributed by atoms with Gasteiger partial charge in [-0.05, 0) is 77.8 Å². The van der Waals surface area contributed by atoms with E-state index in [2.05, 4.69) is 114 Å². The third kappa shape index (κ3) is 17.7. The normalized spacial score (nSPS) is 15.8. The Morgan fingerprint density at radius 3 is 1.46 bits per heavy atom. The molecule has 0 fully saturated rings. The first-order chi connectivity index (χ1) is 30.2. The van der Waals surface area contributed by atoms with Crippen molar-refractivity contribution >= 4 is 32.3 Å². The number of hydrogen-bond donors (Lipinski definition) is 1. The predicted octanol–water partition coefficient (Wildman–Crippen LogP) is 10.6. The molecular formula is C49H79N5O7P2. The first kappa shape index (κ1) is 52.6. The summed E-state index contributed by atoms with van der Waals surface area (Å²) < 4.78 is 47.8. The van der Waals surface area contributed by atoms with Gasteiger partial charge in [-0.2, -0.15) is 0 Å². The number of fused-ring (bicyclic) bond motifs is 2. The van der Waals surface area contributed by atoms with E-state index in [0.717, 1.165) is 90.6 Å². The van der Waals surface area contributed by atoms with Gasteiger partial charge in [0, 0.05) is 90.9 Å². The summed E-state index contributed by atoms with van der Waals surface area (Å²) in [6.07, 6.45) is 7.78. The number of carboxylic acids is 1. The smallest absolute Gasteiger partial charge is 0.344 e. The van der Waals surface area contributed by atoms with Gasteiger partial charge in [0.1, 0.15) is 6.29 Å². The maximum atomic E-state index is 14.7. The quantitative estimate of drug-likeness (QED) is 0.0470. The Morgan fingerprint density at radius 2 is 1.03 bits per heavy atom. The van der Waals surface area contributed by atoms with Crippen molar-refractivity contribution in [1.29, 1.82) is 0 Å². The van der Waals surface area contributed by atoms with Crippen LogP contribution < -0.4 is 9.80 Å². The highest BCUT2D eigenvalue weighted by atomic mass is 31.2. The maximum Gasteiger partial charge on any atom is 0.344 e. The molecule has 0 saturated carbocycles. The number of nitrogens with zero attached hydrogens (tertiary/aromatic N) is 5. The molecule has 0 amide bonds. The van der Waals surface area contributed by atoms with Crippen molar-refractivity contribution in [3.05, 3.63) is 94.5 Å². The second-order valence-corrected chi connectivity index (χ2v) is 22.2. The van der Waals surface area contributed by atoms with E-state index in [-0.39, 0.29) is 25.0 Å². The van der Waals surface area contributed by atoms with E-state index in [1.54, 1.807) is 0 Å². The molecule has 1 atom stereocenters. The lowest BCUT2D eigenvalue weighted by Gasteiger charge is -2.33. The molecule has 2 bridgehead atoms. The minimum atomic E-state index is -3.55. The Kier molecular flexibility index (Phi) is 22.4. The summed E-state index contributed by atoms with van der Waals surface area (Å²) >= 11 is 0. The molecule has 0 radical (unpaired) electrons. The van der Waals surface area contributed by atoms with Gasteiger partial charge in [0.05, 0.1) is 32.7 Å². The highest BCUT2D eigenvalue weighted by Gasteiger charge is 2.31. The molecule has 352 valence electrons. The van der Waals surface area contributed by atoms with E-state index in [1.165, 1.54) is 0 Å². The second kappa shape index (κ2) is 26.8. The minimum absolute atomic E-state index is 0.0875. The molecule has 0 saturated heterocycles. The molecule has 14 heteroatoms. The van der Waals surface area contributed by atoms with E-state index < -0.39 is 20.9 Å². The summed E-state index contributed by atoms with van der Waals surface area (Å²) in [4.78, 5) is 22.8. The number of rotatable bonds is 26. The summed E-state index contributed by atoms with van der Waals surface area (Å²) in [5.41, 5.74) is 7.77. The average molecular weight is 912 g/mol. The van der Waals surface area contributed by atoms with Gasteiger partial charge < -0.3 is 28.5 Å². The van der Waals surface area contributed by atoms with E-state index in [1.807, 2.05) is 33.1 Å². The molecule has 1 aliphatic rings. The van der Waals surface area contributed by atoms with Crippen molar-refractivity contribution < 1.29 is 32.6 Å². The van der Waals surface area contributed by atoms with Gasteiger partial charge in [0.2, 0.25) is 7.37 Å². The van der Waals surface area contributed by atoms with Crippen LogP contribution >= 0.6 is 15.0 Å². The molecule has 12 nitrogen and oxygen atoms in total. The fourth-order valence-electron chi connectivity index (χ4n) is 7.91. The number of hydrogen-bond acceptors (Lipinski definition) is 11. The van der Waals surface area contributed by atoms with Crippen LogP contribution in [0.5, 0.6) is 0 Å². The van der Waals surface area contributed by atoms with Crippen LogP contribution in [0.25, 0.3) is 0 Å². The Hall–Kier alpha value is -3.05. The fraction of sp³-hybridized carbons (Fsp3) is 0.612. The summed E-state index contributed by atoms with van der Waals surface area (Å²) in [5.74, 6) is -1.02. The molecular weight excluding hydrogens is 833 g/mol. The average Bonchev–Trinajstić information content (AvgIpc) is 3.24. The predicted molar refractivity (Wildman–Crippen MR) is 261 cm³/mol. The number of aliphatic carboxylic acids is 1. The number of carboxylic acid groups (broad SMARTS) is 1. The van der Waals surface area contributed by atoms with Crippen molar-refractivity contribution in [2.24, 2.45) is 0 Å². The Bertz CT molecular complexity index is 1830. The molecule has 1 aliphatic heterocycles. The van der Waals surface area contributed by atoms with Gasteiger partial charge in [0.25, 0.3) is 0 Å². The van der Waals surface area contributed by atoms with Crippen LogP contribution in [-0.4, -0.2) is 125 Å². The number of benzene rings is 3. The summed E-state index contributed by atoms with van der Waals surface area (Å²) in [6, 6.07) is 24.3. The summed E-state index contributed by atoms with van der Waals surface area (Å²) in [7, 11) is 1.60.